The third-order valence-electron chi connectivity index (χ3n) is 5.63. The molecule has 1 amide bonds. The number of fused-ring (bicyclic) bond motifs is 1. The number of carbonyl (C=O) groups excluding carboxylic acids is 1. The van der Waals surface area contributed by atoms with E-state index in [-0.39, 0.29) is 18.3 Å². The van der Waals surface area contributed by atoms with E-state index in [1.54, 1.807) is 11.3 Å². The first-order chi connectivity index (χ1) is 11.3. The second-order valence-corrected chi connectivity index (χ2v) is 8.67. The summed E-state index contributed by atoms with van der Waals surface area (Å²) in [6.07, 6.45) is 11.3. The summed E-state index contributed by atoms with van der Waals surface area (Å²) in [5, 5.41) is 3.69. The lowest BCUT2D eigenvalue weighted by Gasteiger charge is -2.32. The molecule has 3 aliphatic rings. The molecule has 1 saturated heterocycles. The van der Waals surface area contributed by atoms with Crippen molar-refractivity contribution in [1.29, 1.82) is 0 Å². The zero-order chi connectivity index (χ0) is 15.6. The van der Waals surface area contributed by atoms with E-state index in [2.05, 4.69) is 16.3 Å². The van der Waals surface area contributed by atoms with Crippen molar-refractivity contribution in [2.45, 2.75) is 63.8 Å². The SMILES string of the molecule is Cl.O=C(c1cc2c(s1)CCCCC2)N1CCC(NCC2CC2)CC1. The molecule has 2 heterocycles. The van der Waals surface area contributed by atoms with Crippen molar-refractivity contribution in [2.75, 3.05) is 19.6 Å². The molecule has 3 nitrogen and oxygen atoms in total. The van der Waals surface area contributed by atoms with Crippen LogP contribution in [-0.4, -0.2) is 36.5 Å². The molecule has 2 fully saturated rings. The lowest BCUT2D eigenvalue weighted by atomic mass is 10.0. The van der Waals surface area contributed by atoms with Gasteiger partial charge in [-0.15, -0.1) is 23.7 Å². The summed E-state index contributed by atoms with van der Waals surface area (Å²) in [5.41, 5.74) is 1.46. The Kier molecular flexibility index (Phi) is 6.22. The van der Waals surface area contributed by atoms with Gasteiger partial charge in [-0.05, 0) is 75.5 Å². The molecule has 4 rings (SSSR count). The lowest BCUT2D eigenvalue weighted by Crippen LogP contribution is -2.45. The molecule has 0 unspecified atom stereocenters. The van der Waals surface area contributed by atoms with E-state index in [0.29, 0.717) is 6.04 Å². The zero-order valence-corrected chi connectivity index (χ0v) is 16.0. The van der Waals surface area contributed by atoms with Crippen LogP contribution in [0.4, 0.5) is 0 Å². The third kappa shape index (κ3) is 4.33. The molecule has 2 aliphatic carbocycles. The van der Waals surface area contributed by atoms with Crippen LogP contribution in [0, 0.1) is 5.92 Å². The van der Waals surface area contributed by atoms with Gasteiger partial charge in [0.1, 0.15) is 0 Å². The number of amides is 1. The molecule has 0 aromatic carbocycles. The monoisotopic (exact) mass is 368 g/mol. The Bertz CT molecular complexity index is 538. The van der Waals surface area contributed by atoms with Crippen LogP contribution in [0.25, 0.3) is 0 Å². The number of aryl methyl sites for hydroxylation is 2. The van der Waals surface area contributed by atoms with Crippen molar-refractivity contribution in [1.82, 2.24) is 10.2 Å². The fourth-order valence-electron chi connectivity index (χ4n) is 3.87. The maximum absolute atomic E-state index is 12.8. The minimum Gasteiger partial charge on any atom is -0.338 e. The number of nitrogens with one attached hydrogen (secondary N) is 1. The average molecular weight is 369 g/mol. The van der Waals surface area contributed by atoms with Gasteiger partial charge in [-0.25, -0.2) is 0 Å². The number of likely N-dealkylation sites (tertiary alicyclic amines) is 1. The van der Waals surface area contributed by atoms with Crippen molar-refractivity contribution in [3.05, 3.63) is 21.4 Å². The number of hydrogen-bond donors (Lipinski definition) is 1. The van der Waals surface area contributed by atoms with Crippen LogP contribution in [0.2, 0.25) is 0 Å². The van der Waals surface area contributed by atoms with Gasteiger partial charge < -0.3 is 10.2 Å². The number of piperidine rings is 1. The van der Waals surface area contributed by atoms with E-state index in [0.717, 1.165) is 36.7 Å². The van der Waals surface area contributed by atoms with E-state index >= 15 is 0 Å². The first-order valence-electron chi connectivity index (χ1n) is 9.44. The largest absolute Gasteiger partial charge is 0.338 e. The maximum Gasteiger partial charge on any atom is 0.263 e. The Morgan fingerprint density at radius 3 is 2.62 bits per heavy atom. The van der Waals surface area contributed by atoms with Crippen LogP contribution in [-0.2, 0) is 12.8 Å². The summed E-state index contributed by atoms with van der Waals surface area (Å²) >= 11 is 1.77. The first kappa shape index (κ1) is 18.2. The van der Waals surface area contributed by atoms with E-state index in [9.17, 15) is 4.79 Å². The summed E-state index contributed by atoms with van der Waals surface area (Å²) in [6, 6.07) is 2.82. The summed E-state index contributed by atoms with van der Waals surface area (Å²) in [4.78, 5) is 17.4. The van der Waals surface area contributed by atoms with E-state index in [4.69, 9.17) is 0 Å². The van der Waals surface area contributed by atoms with Gasteiger partial charge in [-0.2, -0.15) is 0 Å². The van der Waals surface area contributed by atoms with Crippen LogP contribution in [0.1, 0.15) is 65.1 Å². The number of halogens is 1. The van der Waals surface area contributed by atoms with Gasteiger partial charge >= 0.3 is 0 Å². The topological polar surface area (TPSA) is 32.3 Å². The van der Waals surface area contributed by atoms with Crippen LogP contribution in [0.3, 0.4) is 0 Å². The Morgan fingerprint density at radius 1 is 1.12 bits per heavy atom. The van der Waals surface area contributed by atoms with E-state index < -0.39 is 0 Å². The van der Waals surface area contributed by atoms with Crippen LogP contribution >= 0.6 is 23.7 Å². The van der Waals surface area contributed by atoms with Crippen LogP contribution < -0.4 is 5.32 Å². The van der Waals surface area contributed by atoms with Crippen molar-refractivity contribution in [2.24, 2.45) is 5.92 Å². The summed E-state index contributed by atoms with van der Waals surface area (Å²) in [5.74, 6) is 1.22. The van der Waals surface area contributed by atoms with Crippen LogP contribution in [0.15, 0.2) is 6.07 Å². The molecule has 1 saturated carbocycles. The molecule has 1 aromatic heterocycles. The van der Waals surface area contributed by atoms with Crippen molar-refractivity contribution in [3.63, 3.8) is 0 Å². The maximum atomic E-state index is 12.8. The number of hydrogen-bond acceptors (Lipinski definition) is 3. The highest BCUT2D eigenvalue weighted by Gasteiger charge is 2.27. The third-order valence-corrected chi connectivity index (χ3v) is 6.86. The summed E-state index contributed by atoms with van der Waals surface area (Å²) < 4.78 is 0. The number of nitrogens with zero attached hydrogens (tertiary/aromatic N) is 1. The van der Waals surface area contributed by atoms with Gasteiger partial charge in [0.2, 0.25) is 0 Å². The quantitative estimate of drug-likeness (QED) is 0.813. The minimum atomic E-state index is 0. The predicted molar refractivity (Wildman–Crippen MR) is 102 cm³/mol. The van der Waals surface area contributed by atoms with E-state index in [1.165, 1.54) is 61.9 Å². The molecule has 0 bridgehead atoms. The van der Waals surface area contributed by atoms with E-state index in [1.807, 2.05) is 0 Å². The number of thiophene rings is 1. The number of rotatable bonds is 4. The summed E-state index contributed by atoms with van der Waals surface area (Å²) in [7, 11) is 0. The smallest absolute Gasteiger partial charge is 0.263 e. The molecule has 1 aromatic rings. The van der Waals surface area contributed by atoms with Crippen molar-refractivity contribution >= 4 is 29.7 Å². The standard InChI is InChI=1S/C19H28N2OS.ClH/c22-19(18-12-15-4-2-1-3-5-17(15)23-18)21-10-8-16(9-11-21)20-13-14-6-7-14;/h12,14,16,20H,1-11,13H2;1H. The lowest BCUT2D eigenvalue weighted by molar-refractivity contribution is 0.0710. The average Bonchev–Trinajstić information content (AvgIpc) is 3.37. The molecule has 0 radical (unpaired) electrons. The highest BCUT2D eigenvalue weighted by molar-refractivity contribution is 7.14. The molecule has 24 heavy (non-hydrogen) atoms. The molecular weight excluding hydrogens is 340 g/mol. The Labute approximate surface area is 155 Å². The molecule has 0 atom stereocenters. The normalized spacial score (nSPS) is 21.8. The fourth-order valence-corrected chi connectivity index (χ4v) is 5.09. The van der Waals surface area contributed by atoms with Crippen LogP contribution in [0.5, 0.6) is 0 Å². The van der Waals surface area contributed by atoms with Gasteiger partial charge in [-0.3, -0.25) is 4.79 Å². The second kappa shape index (κ2) is 8.20. The predicted octanol–water partition coefficient (Wildman–Crippen LogP) is 4.04. The summed E-state index contributed by atoms with van der Waals surface area (Å²) in [6.45, 7) is 3.03. The van der Waals surface area contributed by atoms with Gasteiger partial charge in [-0.1, -0.05) is 6.42 Å². The van der Waals surface area contributed by atoms with Crippen molar-refractivity contribution in [3.8, 4) is 0 Å². The second-order valence-electron chi connectivity index (χ2n) is 7.54. The fraction of sp³-hybridized carbons (Fsp3) is 0.737. The minimum absolute atomic E-state index is 0. The van der Waals surface area contributed by atoms with Gasteiger partial charge in [0, 0.05) is 24.0 Å². The highest BCUT2D eigenvalue weighted by atomic mass is 35.5. The molecule has 134 valence electrons. The zero-order valence-electron chi connectivity index (χ0n) is 14.4. The molecule has 5 heteroatoms. The molecule has 0 spiro atoms. The van der Waals surface area contributed by atoms with Crippen molar-refractivity contribution < 1.29 is 4.79 Å². The van der Waals surface area contributed by atoms with Gasteiger partial charge in [0.05, 0.1) is 4.88 Å². The highest BCUT2D eigenvalue weighted by Crippen LogP contribution is 2.31. The first-order valence-corrected chi connectivity index (χ1v) is 10.3. The Hall–Kier alpha value is -0.580. The molecule has 1 N–H and O–H groups in total. The molecule has 1 aliphatic heterocycles. The van der Waals surface area contributed by atoms with Gasteiger partial charge in [0.15, 0.2) is 0 Å². The molecular formula is C19H29ClN2OS. The Balaban J connectivity index is 0.00000169. The van der Waals surface area contributed by atoms with Gasteiger partial charge in [0.25, 0.3) is 5.91 Å². The Morgan fingerprint density at radius 2 is 1.88 bits per heavy atom. The number of carbonyl (C=O) groups is 1.